The number of morpholine rings is 1. The molecule has 0 spiro atoms. The van der Waals surface area contributed by atoms with Gasteiger partial charge in [-0.2, -0.15) is 5.10 Å². The molecule has 0 radical (unpaired) electrons. The molecule has 1 saturated heterocycles. The summed E-state index contributed by atoms with van der Waals surface area (Å²) in [5.74, 6) is 1.69. The monoisotopic (exact) mass is 310 g/mol. The topological polar surface area (TPSA) is 86.4 Å². The maximum atomic E-state index is 11.6. The fraction of sp³-hybridized carbons (Fsp3) is 0.786. The zero-order valence-corrected chi connectivity index (χ0v) is 13.6. The van der Waals surface area contributed by atoms with Gasteiger partial charge in [0.05, 0.1) is 26.3 Å². The summed E-state index contributed by atoms with van der Waals surface area (Å²) in [5.41, 5.74) is 0. The van der Waals surface area contributed by atoms with Gasteiger partial charge >= 0.3 is 0 Å². The Morgan fingerprint density at radius 2 is 2.36 bits per heavy atom. The second-order valence-electron chi connectivity index (χ2n) is 5.91. The van der Waals surface area contributed by atoms with Gasteiger partial charge in [0.2, 0.25) is 5.91 Å². The Kier molecular flexibility index (Phi) is 6.29. The number of amides is 1. The van der Waals surface area contributed by atoms with Crippen LogP contribution in [0.3, 0.4) is 0 Å². The first-order chi connectivity index (χ1) is 10.5. The van der Waals surface area contributed by atoms with E-state index < -0.39 is 0 Å². The van der Waals surface area contributed by atoms with Crippen LogP contribution >= 0.6 is 0 Å². The minimum atomic E-state index is 0.0536. The molecule has 1 fully saturated rings. The van der Waals surface area contributed by atoms with E-state index in [1.807, 2.05) is 25.9 Å². The number of hydrogen-bond acceptors (Lipinski definition) is 6. The van der Waals surface area contributed by atoms with Crippen LogP contribution in [-0.2, 0) is 16.1 Å². The third kappa shape index (κ3) is 5.36. The van der Waals surface area contributed by atoms with E-state index >= 15 is 0 Å². The Morgan fingerprint density at radius 1 is 1.55 bits per heavy atom. The Labute approximate surface area is 131 Å². The van der Waals surface area contributed by atoms with Gasteiger partial charge in [0.1, 0.15) is 5.82 Å². The largest absolute Gasteiger partial charge is 0.378 e. The first-order valence-electron chi connectivity index (χ1n) is 7.65. The molecule has 1 atom stereocenters. The first-order valence-corrected chi connectivity index (χ1v) is 7.65. The lowest BCUT2D eigenvalue weighted by molar-refractivity contribution is -0.121. The number of nitrogens with one attached hydrogen (secondary N) is 2. The number of rotatable bonds is 7. The van der Waals surface area contributed by atoms with Gasteiger partial charge in [-0.05, 0) is 27.4 Å². The predicted molar refractivity (Wildman–Crippen MR) is 82.3 cm³/mol. The molecule has 1 aliphatic heterocycles. The molecular formula is C14H26N6O2. The molecular weight excluding hydrogens is 284 g/mol. The number of carbonyl (C=O) groups excluding carboxylic acids is 1. The van der Waals surface area contributed by atoms with Crippen LogP contribution in [0.25, 0.3) is 0 Å². The lowest BCUT2D eigenvalue weighted by Crippen LogP contribution is -2.47. The molecule has 1 aliphatic rings. The standard InChI is InChI=1S/C14H26N6O2/c1-11-16-13(18-17-11)8-20-6-7-22-10-12(20)4-5-15-14(21)9-19(2)3/h12H,4-10H2,1-3H3,(H,15,21)(H,16,17,18). The molecule has 0 aliphatic carbocycles. The fourth-order valence-corrected chi connectivity index (χ4v) is 2.53. The van der Waals surface area contributed by atoms with Crippen molar-refractivity contribution in [1.82, 2.24) is 30.3 Å². The molecule has 1 unspecified atom stereocenters. The molecule has 2 rings (SSSR count). The summed E-state index contributed by atoms with van der Waals surface area (Å²) >= 11 is 0. The average molecular weight is 310 g/mol. The van der Waals surface area contributed by atoms with E-state index in [-0.39, 0.29) is 11.9 Å². The highest BCUT2D eigenvalue weighted by atomic mass is 16.5. The number of H-pyrrole nitrogens is 1. The van der Waals surface area contributed by atoms with E-state index in [2.05, 4.69) is 25.4 Å². The minimum absolute atomic E-state index is 0.0536. The van der Waals surface area contributed by atoms with Crippen molar-refractivity contribution in [3.8, 4) is 0 Å². The van der Waals surface area contributed by atoms with Gasteiger partial charge in [-0.15, -0.1) is 0 Å². The van der Waals surface area contributed by atoms with Crippen LogP contribution in [-0.4, -0.2) is 83.9 Å². The normalized spacial score (nSPS) is 19.5. The predicted octanol–water partition coefficient (Wildman–Crippen LogP) is -0.618. The van der Waals surface area contributed by atoms with Crippen molar-refractivity contribution in [3.63, 3.8) is 0 Å². The smallest absolute Gasteiger partial charge is 0.234 e. The van der Waals surface area contributed by atoms with Crippen molar-refractivity contribution in [1.29, 1.82) is 0 Å². The molecule has 1 aromatic rings. The van der Waals surface area contributed by atoms with Crippen molar-refractivity contribution >= 4 is 5.91 Å². The third-order valence-electron chi connectivity index (χ3n) is 3.60. The maximum absolute atomic E-state index is 11.6. The van der Waals surface area contributed by atoms with Crippen molar-refractivity contribution in [2.75, 3.05) is 46.9 Å². The number of ether oxygens (including phenoxy) is 1. The van der Waals surface area contributed by atoms with Crippen molar-refractivity contribution in [2.24, 2.45) is 0 Å². The number of aromatic amines is 1. The molecule has 124 valence electrons. The summed E-state index contributed by atoms with van der Waals surface area (Å²) in [6.45, 7) is 5.97. The summed E-state index contributed by atoms with van der Waals surface area (Å²) in [5, 5.41) is 10.0. The van der Waals surface area contributed by atoms with E-state index in [9.17, 15) is 4.79 Å². The number of carbonyl (C=O) groups is 1. The SMILES string of the molecule is Cc1nc(CN2CCOCC2CCNC(=O)CN(C)C)n[nH]1. The van der Waals surface area contributed by atoms with Gasteiger partial charge < -0.3 is 15.0 Å². The Bertz CT molecular complexity index is 476. The molecule has 0 saturated carbocycles. The zero-order chi connectivity index (χ0) is 15.9. The highest BCUT2D eigenvalue weighted by Crippen LogP contribution is 2.12. The second kappa shape index (κ2) is 8.21. The van der Waals surface area contributed by atoms with E-state index in [0.717, 1.165) is 31.2 Å². The van der Waals surface area contributed by atoms with Gasteiger partial charge in [-0.1, -0.05) is 0 Å². The average Bonchev–Trinajstić information content (AvgIpc) is 2.85. The van der Waals surface area contributed by atoms with Crippen molar-refractivity contribution < 1.29 is 9.53 Å². The molecule has 0 aromatic carbocycles. The number of hydrogen-bond donors (Lipinski definition) is 2. The van der Waals surface area contributed by atoms with Crippen LogP contribution in [0.5, 0.6) is 0 Å². The van der Waals surface area contributed by atoms with Crippen LogP contribution in [0.4, 0.5) is 0 Å². The van der Waals surface area contributed by atoms with E-state index in [1.54, 1.807) is 0 Å². The maximum Gasteiger partial charge on any atom is 0.234 e. The Hall–Kier alpha value is -1.51. The molecule has 0 bridgehead atoms. The highest BCUT2D eigenvalue weighted by Gasteiger charge is 2.24. The van der Waals surface area contributed by atoms with E-state index in [1.165, 1.54) is 0 Å². The molecule has 2 heterocycles. The fourth-order valence-electron chi connectivity index (χ4n) is 2.53. The third-order valence-corrected chi connectivity index (χ3v) is 3.60. The van der Waals surface area contributed by atoms with Gasteiger partial charge in [0.25, 0.3) is 0 Å². The second-order valence-corrected chi connectivity index (χ2v) is 5.91. The van der Waals surface area contributed by atoms with Crippen molar-refractivity contribution in [3.05, 3.63) is 11.6 Å². The number of nitrogens with zero attached hydrogens (tertiary/aromatic N) is 4. The Morgan fingerprint density at radius 3 is 3.05 bits per heavy atom. The lowest BCUT2D eigenvalue weighted by atomic mass is 10.1. The van der Waals surface area contributed by atoms with E-state index in [0.29, 0.717) is 26.2 Å². The summed E-state index contributed by atoms with van der Waals surface area (Å²) < 4.78 is 5.57. The number of aryl methyl sites for hydroxylation is 1. The van der Waals surface area contributed by atoms with Crippen LogP contribution in [0.1, 0.15) is 18.1 Å². The summed E-state index contributed by atoms with van der Waals surface area (Å²) in [6.07, 6.45) is 0.864. The summed E-state index contributed by atoms with van der Waals surface area (Å²) in [7, 11) is 3.77. The number of likely N-dealkylation sites (N-methyl/N-ethyl adjacent to an activating group) is 1. The lowest BCUT2D eigenvalue weighted by Gasteiger charge is -2.34. The van der Waals surface area contributed by atoms with Gasteiger partial charge in [0.15, 0.2) is 5.82 Å². The van der Waals surface area contributed by atoms with Crippen molar-refractivity contribution in [2.45, 2.75) is 25.9 Å². The highest BCUT2D eigenvalue weighted by molar-refractivity contribution is 5.77. The van der Waals surface area contributed by atoms with Gasteiger partial charge in [-0.3, -0.25) is 14.8 Å². The van der Waals surface area contributed by atoms with E-state index in [4.69, 9.17) is 4.74 Å². The van der Waals surface area contributed by atoms with Crippen LogP contribution in [0, 0.1) is 6.92 Å². The molecule has 2 N–H and O–H groups in total. The first kappa shape index (κ1) is 16.9. The molecule has 22 heavy (non-hydrogen) atoms. The quantitative estimate of drug-likeness (QED) is 0.698. The molecule has 8 nitrogen and oxygen atoms in total. The minimum Gasteiger partial charge on any atom is -0.378 e. The molecule has 1 aromatic heterocycles. The number of aromatic nitrogens is 3. The van der Waals surface area contributed by atoms with Crippen LogP contribution < -0.4 is 5.32 Å². The molecule has 8 heteroatoms. The summed E-state index contributed by atoms with van der Waals surface area (Å²) in [4.78, 5) is 20.2. The zero-order valence-electron chi connectivity index (χ0n) is 13.6. The van der Waals surface area contributed by atoms with Gasteiger partial charge in [0, 0.05) is 19.1 Å². The van der Waals surface area contributed by atoms with Gasteiger partial charge in [-0.25, -0.2) is 4.98 Å². The molecule has 1 amide bonds. The Balaban J connectivity index is 1.78. The summed E-state index contributed by atoms with van der Waals surface area (Å²) in [6, 6.07) is 0.284. The van der Waals surface area contributed by atoms with Crippen LogP contribution in [0.15, 0.2) is 0 Å². The van der Waals surface area contributed by atoms with Crippen LogP contribution in [0.2, 0.25) is 0 Å².